The number of unbranched alkanes of at least 4 members (excludes halogenated alkanes) is 1. The van der Waals surface area contributed by atoms with E-state index in [9.17, 15) is 4.79 Å². The van der Waals surface area contributed by atoms with E-state index in [2.05, 4.69) is 10.4 Å². The van der Waals surface area contributed by atoms with Gasteiger partial charge in [0, 0.05) is 32.0 Å². The van der Waals surface area contributed by atoms with Gasteiger partial charge >= 0.3 is 0 Å². The Morgan fingerprint density at radius 2 is 1.94 bits per heavy atom. The molecule has 18 heavy (non-hydrogen) atoms. The van der Waals surface area contributed by atoms with Gasteiger partial charge in [0.1, 0.15) is 0 Å². The van der Waals surface area contributed by atoms with Gasteiger partial charge in [-0.2, -0.15) is 0 Å². The highest BCUT2D eigenvalue weighted by atomic mass is 16.5. The standard InChI is InChI=1S/C13H21N3O2/c14-16-13(17)5-1-2-10-18-11-3-4-12-6-8-15-9-7-12/h6-9H,1-5,10-11,14H2,(H,16,17). The van der Waals surface area contributed by atoms with Crippen LogP contribution >= 0.6 is 0 Å². The molecule has 1 amide bonds. The van der Waals surface area contributed by atoms with Gasteiger partial charge in [-0.3, -0.25) is 15.2 Å². The summed E-state index contributed by atoms with van der Waals surface area (Å²) in [6, 6.07) is 4.04. The highest BCUT2D eigenvalue weighted by Gasteiger charge is 1.97. The molecule has 3 N–H and O–H groups in total. The number of hydrogen-bond acceptors (Lipinski definition) is 4. The van der Waals surface area contributed by atoms with E-state index in [4.69, 9.17) is 10.6 Å². The lowest BCUT2D eigenvalue weighted by Crippen LogP contribution is -2.29. The maximum absolute atomic E-state index is 10.8. The van der Waals surface area contributed by atoms with E-state index in [1.54, 1.807) is 12.4 Å². The van der Waals surface area contributed by atoms with Crippen molar-refractivity contribution in [2.45, 2.75) is 32.1 Å². The van der Waals surface area contributed by atoms with Gasteiger partial charge in [-0.05, 0) is 43.4 Å². The van der Waals surface area contributed by atoms with Crippen LogP contribution in [0.4, 0.5) is 0 Å². The van der Waals surface area contributed by atoms with Crippen LogP contribution in [0, 0.1) is 0 Å². The molecule has 1 aromatic heterocycles. The summed E-state index contributed by atoms with van der Waals surface area (Å²) in [7, 11) is 0. The number of amides is 1. The van der Waals surface area contributed by atoms with E-state index in [-0.39, 0.29) is 5.91 Å². The Balaban J connectivity index is 1.89. The maximum atomic E-state index is 10.8. The Labute approximate surface area is 108 Å². The van der Waals surface area contributed by atoms with Crippen molar-refractivity contribution in [3.63, 3.8) is 0 Å². The highest BCUT2D eigenvalue weighted by Crippen LogP contribution is 2.01. The third-order valence-corrected chi connectivity index (χ3v) is 2.61. The molecule has 100 valence electrons. The Bertz CT molecular complexity index is 330. The molecule has 0 aliphatic heterocycles. The zero-order valence-corrected chi connectivity index (χ0v) is 10.6. The summed E-state index contributed by atoms with van der Waals surface area (Å²) in [5, 5.41) is 0. The largest absolute Gasteiger partial charge is 0.381 e. The monoisotopic (exact) mass is 251 g/mol. The molecule has 0 bridgehead atoms. The van der Waals surface area contributed by atoms with Crippen molar-refractivity contribution in [2.75, 3.05) is 13.2 Å². The van der Waals surface area contributed by atoms with Crippen molar-refractivity contribution in [3.8, 4) is 0 Å². The lowest BCUT2D eigenvalue weighted by atomic mass is 10.1. The van der Waals surface area contributed by atoms with Crippen molar-refractivity contribution in [1.29, 1.82) is 0 Å². The van der Waals surface area contributed by atoms with Crippen LogP contribution in [0.5, 0.6) is 0 Å². The Kier molecular flexibility index (Phi) is 7.75. The molecular weight excluding hydrogens is 230 g/mol. The Morgan fingerprint density at radius 3 is 2.67 bits per heavy atom. The van der Waals surface area contributed by atoms with Crippen LogP contribution in [0.3, 0.4) is 0 Å². The molecule has 0 saturated carbocycles. The van der Waals surface area contributed by atoms with Crippen molar-refractivity contribution in [3.05, 3.63) is 30.1 Å². The molecule has 0 saturated heterocycles. The number of pyridine rings is 1. The third kappa shape index (κ3) is 6.98. The van der Waals surface area contributed by atoms with Gasteiger partial charge in [0.25, 0.3) is 0 Å². The molecule has 1 rings (SSSR count). The number of hydrazine groups is 1. The first-order valence-corrected chi connectivity index (χ1v) is 6.29. The summed E-state index contributed by atoms with van der Waals surface area (Å²) < 4.78 is 5.49. The van der Waals surface area contributed by atoms with Crippen LogP contribution in [0.2, 0.25) is 0 Å². The lowest BCUT2D eigenvalue weighted by Gasteiger charge is -2.04. The summed E-state index contributed by atoms with van der Waals surface area (Å²) in [4.78, 5) is 14.8. The van der Waals surface area contributed by atoms with Crippen molar-refractivity contribution in [1.82, 2.24) is 10.4 Å². The number of nitrogens with zero attached hydrogens (tertiary/aromatic N) is 1. The molecule has 1 heterocycles. The number of carbonyl (C=O) groups is 1. The molecule has 0 unspecified atom stereocenters. The minimum atomic E-state index is -0.118. The topological polar surface area (TPSA) is 77.2 Å². The third-order valence-electron chi connectivity index (χ3n) is 2.61. The molecule has 0 aromatic carbocycles. The Morgan fingerprint density at radius 1 is 1.22 bits per heavy atom. The van der Waals surface area contributed by atoms with E-state index in [1.165, 1.54) is 5.56 Å². The molecule has 5 nitrogen and oxygen atoms in total. The van der Waals surface area contributed by atoms with Gasteiger partial charge in [0.2, 0.25) is 5.91 Å². The van der Waals surface area contributed by atoms with Gasteiger partial charge in [-0.25, -0.2) is 5.84 Å². The van der Waals surface area contributed by atoms with Gasteiger partial charge in [0.15, 0.2) is 0 Å². The number of nitrogens with two attached hydrogens (primary N) is 1. The minimum absolute atomic E-state index is 0.118. The van der Waals surface area contributed by atoms with E-state index >= 15 is 0 Å². The second kappa shape index (κ2) is 9.56. The zero-order chi connectivity index (χ0) is 13.1. The van der Waals surface area contributed by atoms with Gasteiger partial charge in [-0.1, -0.05) is 0 Å². The minimum Gasteiger partial charge on any atom is -0.381 e. The lowest BCUT2D eigenvalue weighted by molar-refractivity contribution is -0.121. The van der Waals surface area contributed by atoms with Crippen LogP contribution in [0.15, 0.2) is 24.5 Å². The highest BCUT2D eigenvalue weighted by molar-refractivity contribution is 5.74. The number of rotatable bonds is 9. The summed E-state index contributed by atoms with van der Waals surface area (Å²) in [5.74, 6) is 4.85. The van der Waals surface area contributed by atoms with Crippen LogP contribution in [-0.2, 0) is 16.0 Å². The van der Waals surface area contributed by atoms with Gasteiger partial charge in [0.05, 0.1) is 0 Å². The van der Waals surface area contributed by atoms with Crippen LogP contribution in [0.1, 0.15) is 31.2 Å². The average Bonchev–Trinajstić information content (AvgIpc) is 2.42. The fourth-order valence-corrected chi connectivity index (χ4v) is 1.59. The number of aryl methyl sites for hydroxylation is 1. The van der Waals surface area contributed by atoms with E-state index in [0.29, 0.717) is 13.0 Å². The van der Waals surface area contributed by atoms with Crippen molar-refractivity contribution < 1.29 is 9.53 Å². The summed E-state index contributed by atoms with van der Waals surface area (Å²) in [5.41, 5.74) is 3.39. The smallest absolute Gasteiger partial charge is 0.233 e. The summed E-state index contributed by atoms with van der Waals surface area (Å²) in [6.45, 7) is 1.46. The maximum Gasteiger partial charge on any atom is 0.233 e. The number of carbonyl (C=O) groups excluding carboxylic acids is 1. The number of ether oxygens (including phenoxy) is 1. The van der Waals surface area contributed by atoms with E-state index < -0.39 is 0 Å². The predicted octanol–water partition coefficient (Wildman–Crippen LogP) is 1.19. The van der Waals surface area contributed by atoms with Gasteiger partial charge in [-0.15, -0.1) is 0 Å². The van der Waals surface area contributed by atoms with Crippen molar-refractivity contribution >= 4 is 5.91 Å². The van der Waals surface area contributed by atoms with Crippen LogP contribution in [0.25, 0.3) is 0 Å². The number of nitrogens with one attached hydrogen (secondary N) is 1. The molecule has 0 spiro atoms. The zero-order valence-electron chi connectivity index (χ0n) is 10.6. The molecule has 0 atom stereocenters. The second-order valence-electron chi connectivity index (χ2n) is 4.10. The SMILES string of the molecule is NNC(=O)CCCCOCCCc1ccncc1. The molecule has 5 heteroatoms. The first-order chi connectivity index (χ1) is 8.83. The quantitative estimate of drug-likeness (QED) is 0.299. The van der Waals surface area contributed by atoms with E-state index in [0.717, 1.165) is 32.3 Å². The van der Waals surface area contributed by atoms with Crippen LogP contribution in [-0.4, -0.2) is 24.1 Å². The summed E-state index contributed by atoms with van der Waals surface area (Å²) in [6.07, 6.45) is 7.80. The molecule has 0 aliphatic carbocycles. The first kappa shape index (κ1) is 14.6. The van der Waals surface area contributed by atoms with Crippen molar-refractivity contribution in [2.24, 2.45) is 5.84 Å². The first-order valence-electron chi connectivity index (χ1n) is 6.29. The van der Waals surface area contributed by atoms with Crippen LogP contribution < -0.4 is 11.3 Å². The molecule has 1 aromatic rings. The number of aromatic nitrogens is 1. The molecular formula is C13H21N3O2. The molecule has 0 aliphatic rings. The number of hydrogen-bond donors (Lipinski definition) is 2. The Hall–Kier alpha value is -1.46. The van der Waals surface area contributed by atoms with E-state index in [1.807, 2.05) is 12.1 Å². The normalized spacial score (nSPS) is 10.3. The fraction of sp³-hybridized carbons (Fsp3) is 0.538. The predicted molar refractivity (Wildman–Crippen MR) is 69.6 cm³/mol. The summed E-state index contributed by atoms with van der Waals surface area (Å²) >= 11 is 0. The molecule has 0 radical (unpaired) electrons. The second-order valence-corrected chi connectivity index (χ2v) is 4.10. The van der Waals surface area contributed by atoms with Gasteiger partial charge < -0.3 is 4.74 Å². The molecule has 0 fully saturated rings. The fourth-order valence-electron chi connectivity index (χ4n) is 1.59. The average molecular weight is 251 g/mol.